The summed E-state index contributed by atoms with van der Waals surface area (Å²) >= 11 is 0. The van der Waals surface area contributed by atoms with Gasteiger partial charge in [0, 0.05) is 35.2 Å². The highest BCUT2D eigenvalue weighted by molar-refractivity contribution is 6.57. The Morgan fingerprint density at radius 1 is 1.00 bits per heavy atom. The van der Waals surface area contributed by atoms with Crippen molar-refractivity contribution in [3.63, 3.8) is 0 Å². The van der Waals surface area contributed by atoms with Crippen LogP contribution in [0, 0.1) is 0 Å². The maximum atomic E-state index is 13.6. The van der Waals surface area contributed by atoms with Crippen LogP contribution in [-0.2, 0) is 9.53 Å². The van der Waals surface area contributed by atoms with E-state index in [-0.39, 0.29) is 40.9 Å². The van der Waals surface area contributed by atoms with Crippen LogP contribution in [0.3, 0.4) is 0 Å². The highest BCUT2D eigenvalue weighted by atomic mass is 16.5. The number of nitrogens with one attached hydrogen (secondary N) is 2. The van der Waals surface area contributed by atoms with E-state index < -0.39 is 11.6 Å². The Morgan fingerprint density at radius 2 is 1.70 bits per heavy atom. The summed E-state index contributed by atoms with van der Waals surface area (Å²) < 4.78 is 4.90. The molecule has 0 amide bonds. The molecule has 0 saturated heterocycles. The lowest BCUT2D eigenvalue weighted by molar-refractivity contribution is -0.140. The maximum absolute atomic E-state index is 13.6. The van der Waals surface area contributed by atoms with Crippen LogP contribution >= 0.6 is 0 Å². The molecule has 5 heterocycles. The number of fused-ring (bicyclic) bond motifs is 8. The molecule has 0 radical (unpaired) electrons. The van der Waals surface area contributed by atoms with Crippen LogP contribution in [0.25, 0.3) is 33.3 Å². The second kappa shape index (κ2) is 10.4. The van der Waals surface area contributed by atoms with Crippen LogP contribution in [0.15, 0.2) is 30.9 Å². The zero-order valence-corrected chi connectivity index (χ0v) is 24.8. The van der Waals surface area contributed by atoms with E-state index >= 15 is 0 Å². The Balaban J connectivity index is 1.78. The van der Waals surface area contributed by atoms with Gasteiger partial charge in [0.1, 0.15) is 0 Å². The van der Waals surface area contributed by atoms with Crippen LogP contribution in [0.1, 0.15) is 124 Å². The molecular formula is C34H32N4O5. The minimum atomic E-state index is -0.736. The third-order valence-electron chi connectivity index (χ3n) is 9.09. The molecular weight excluding hydrogens is 544 g/mol. The first-order valence-corrected chi connectivity index (χ1v) is 14.4. The summed E-state index contributed by atoms with van der Waals surface area (Å²) in [7, 11) is 1.34. The van der Waals surface area contributed by atoms with Crippen molar-refractivity contribution >= 4 is 57.1 Å². The number of Topliss-reactive ketones (excluding diaryl/α,β-unsaturated/α-hetero) is 2. The summed E-state index contributed by atoms with van der Waals surface area (Å²) in [6, 6.07) is 5.68. The Labute approximate surface area is 248 Å². The molecule has 0 unspecified atom stereocenters. The van der Waals surface area contributed by atoms with Crippen LogP contribution in [-0.4, -0.2) is 50.9 Å². The van der Waals surface area contributed by atoms with Gasteiger partial charge in [0.25, 0.3) is 0 Å². The van der Waals surface area contributed by atoms with Gasteiger partial charge in [-0.2, -0.15) is 0 Å². The first kappa shape index (κ1) is 28.2. The van der Waals surface area contributed by atoms with Crippen molar-refractivity contribution < 1.29 is 23.9 Å². The molecule has 2 aromatic heterocycles. The van der Waals surface area contributed by atoms with Gasteiger partial charge < -0.3 is 14.7 Å². The third kappa shape index (κ3) is 4.21. The van der Waals surface area contributed by atoms with Gasteiger partial charge in [-0.3, -0.25) is 19.2 Å². The molecule has 0 saturated carbocycles. The quantitative estimate of drug-likeness (QED) is 0.227. The highest BCUT2D eigenvalue weighted by Crippen LogP contribution is 2.45. The van der Waals surface area contributed by atoms with Crippen molar-refractivity contribution in [3.05, 3.63) is 81.7 Å². The number of hydrogen-bond acceptors (Lipinski definition) is 7. The van der Waals surface area contributed by atoms with Gasteiger partial charge in [-0.15, -0.1) is 0 Å². The minimum Gasteiger partial charge on any atom is -0.469 e. The number of ketones is 2. The number of aromatic nitrogens is 4. The second-order valence-electron chi connectivity index (χ2n) is 11.3. The van der Waals surface area contributed by atoms with Crippen molar-refractivity contribution in [2.24, 2.45) is 0 Å². The maximum Gasteiger partial charge on any atom is 0.305 e. The van der Waals surface area contributed by atoms with Crippen molar-refractivity contribution in [3.8, 4) is 0 Å². The molecule has 9 heteroatoms. The van der Waals surface area contributed by atoms with Crippen molar-refractivity contribution in [1.29, 1.82) is 0 Å². The summed E-state index contributed by atoms with van der Waals surface area (Å²) in [6.45, 7) is 12.1. The van der Waals surface area contributed by atoms with Crippen LogP contribution in [0.4, 0.5) is 0 Å². The van der Waals surface area contributed by atoms with Crippen molar-refractivity contribution in [2.75, 3.05) is 7.11 Å². The SMILES string of the molecule is C=CC1=C(C)c2cc3[nH]c(c4c5[nH]c(cc6nc(cc1n2)C(C)=C6CC)c(C=O)c5C(=O)C4=O)[C@@H](CCC(=O)OC)[C@@H]3C. The molecule has 3 aliphatic heterocycles. The number of hydrogen-bond donors (Lipinski definition) is 2. The molecule has 218 valence electrons. The number of allylic oxidation sites excluding steroid dienone is 5. The van der Waals surface area contributed by atoms with Crippen LogP contribution in [0.2, 0.25) is 0 Å². The summed E-state index contributed by atoms with van der Waals surface area (Å²) in [5.74, 6) is -2.24. The van der Waals surface area contributed by atoms with E-state index in [1.165, 1.54) is 7.11 Å². The molecule has 1 aliphatic carbocycles. The number of carbonyl (C=O) groups is 4. The fraction of sp³-hybridized carbons (Fsp3) is 0.294. The van der Waals surface area contributed by atoms with E-state index in [9.17, 15) is 19.2 Å². The lowest BCUT2D eigenvalue weighted by Gasteiger charge is -2.17. The van der Waals surface area contributed by atoms with E-state index in [0.29, 0.717) is 41.5 Å². The van der Waals surface area contributed by atoms with Gasteiger partial charge in [-0.1, -0.05) is 26.5 Å². The van der Waals surface area contributed by atoms with Gasteiger partial charge in [-0.25, -0.2) is 9.97 Å². The highest BCUT2D eigenvalue weighted by Gasteiger charge is 2.40. The first-order chi connectivity index (χ1) is 20.6. The van der Waals surface area contributed by atoms with Gasteiger partial charge in [0.2, 0.25) is 11.6 Å². The summed E-state index contributed by atoms with van der Waals surface area (Å²) in [4.78, 5) is 68.1. The normalized spacial score (nSPS) is 18.3. The van der Waals surface area contributed by atoms with E-state index in [4.69, 9.17) is 14.7 Å². The fourth-order valence-electron chi connectivity index (χ4n) is 6.66. The molecule has 2 atom stereocenters. The van der Waals surface area contributed by atoms with Crippen molar-refractivity contribution in [2.45, 2.75) is 58.8 Å². The number of aromatic amines is 2. The molecule has 8 bridgehead atoms. The number of esters is 1. The molecule has 43 heavy (non-hydrogen) atoms. The zero-order chi connectivity index (χ0) is 30.7. The lowest BCUT2D eigenvalue weighted by atomic mass is 9.85. The van der Waals surface area contributed by atoms with E-state index in [1.807, 2.05) is 39.8 Å². The van der Waals surface area contributed by atoms with E-state index in [1.54, 1.807) is 12.1 Å². The minimum absolute atomic E-state index is 0.0677. The number of H-pyrrole nitrogens is 2. The van der Waals surface area contributed by atoms with Gasteiger partial charge in [0.15, 0.2) is 6.29 Å². The number of rotatable bonds is 6. The third-order valence-corrected chi connectivity index (χ3v) is 9.09. The zero-order valence-electron chi connectivity index (χ0n) is 24.8. The van der Waals surface area contributed by atoms with Crippen molar-refractivity contribution in [1.82, 2.24) is 19.9 Å². The number of methoxy groups -OCH3 is 1. The lowest BCUT2D eigenvalue weighted by Crippen LogP contribution is -2.13. The van der Waals surface area contributed by atoms with Gasteiger partial charge in [-0.05, 0) is 61.6 Å². The number of carbonyl (C=O) groups excluding carboxylic acids is 4. The number of aldehydes is 1. The standard InChI is InChI=1S/C34H32N4O5/c1-7-18-15(3)22-11-24-17(5)20(9-10-28(40)43-6)31(37-24)30-32-29(33(41)34(30)42)21(14-39)27(38-32)13-26-19(8-2)16(4)23(36-26)12-25(18)35-22/h7,11-14,17,20,37-38H,1,8-10H2,2-6H3/t17-,20-/m0/s1. The summed E-state index contributed by atoms with van der Waals surface area (Å²) in [6.07, 6.45) is 3.62. The van der Waals surface area contributed by atoms with Gasteiger partial charge in [0.05, 0.1) is 57.6 Å². The monoisotopic (exact) mass is 576 g/mol. The predicted molar refractivity (Wildman–Crippen MR) is 164 cm³/mol. The molecule has 0 fully saturated rings. The number of nitrogens with zero attached hydrogens (tertiary/aromatic N) is 2. The molecule has 9 nitrogen and oxygen atoms in total. The topological polar surface area (TPSA) is 135 Å². The Kier molecular flexibility index (Phi) is 6.83. The molecule has 0 aromatic carbocycles. The fourth-order valence-corrected chi connectivity index (χ4v) is 6.66. The molecule has 4 aliphatic rings. The summed E-state index contributed by atoms with van der Waals surface area (Å²) in [5, 5.41) is 0. The first-order valence-electron chi connectivity index (χ1n) is 14.4. The second-order valence-corrected chi connectivity index (χ2v) is 11.3. The average Bonchev–Trinajstić information content (AvgIpc) is 3.73. The molecule has 2 aromatic rings. The molecule has 0 spiro atoms. The Morgan fingerprint density at radius 3 is 2.37 bits per heavy atom. The smallest absolute Gasteiger partial charge is 0.305 e. The van der Waals surface area contributed by atoms with E-state index in [2.05, 4.69) is 16.5 Å². The largest absolute Gasteiger partial charge is 0.469 e. The average molecular weight is 577 g/mol. The Bertz CT molecular complexity index is 1930. The van der Waals surface area contributed by atoms with Crippen LogP contribution in [0.5, 0.6) is 0 Å². The number of ether oxygens (including phenoxy) is 1. The predicted octanol–water partition coefficient (Wildman–Crippen LogP) is 6.53. The Hall–Kier alpha value is -4.92. The van der Waals surface area contributed by atoms with Crippen LogP contribution < -0.4 is 0 Å². The van der Waals surface area contributed by atoms with Gasteiger partial charge >= 0.3 is 5.97 Å². The summed E-state index contributed by atoms with van der Waals surface area (Å²) in [5.41, 5.74) is 9.20. The molecule has 2 N–H and O–H groups in total. The molecule has 6 rings (SSSR count). The van der Waals surface area contributed by atoms with E-state index in [0.717, 1.165) is 45.1 Å².